The first-order valence-electron chi connectivity index (χ1n) is 7.26. The molecule has 26 heavy (non-hydrogen) atoms. The van der Waals surface area contributed by atoms with Crippen molar-refractivity contribution in [3.8, 4) is 17.4 Å². The fourth-order valence-electron chi connectivity index (χ4n) is 1.97. The van der Waals surface area contributed by atoms with Gasteiger partial charge in [-0.2, -0.15) is 27.8 Å². The highest BCUT2D eigenvalue weighted by Crippen LogP contribution is 2.32. The van der Waals surface area contributed by atoms with E-state index < -0.39 is 23.9 Å². The number of rotatable bonds is 5. The third-order valence-electron chi connectivity index (χ3n) is 3.27. The fourth-order valence-corrected chi connectivity index (χ4v) is 1.97. The standard InChI is InChI=1S/C15H12F3N5O3/c1-8(13(19)24)25-9-2-4-10(5-3-9)26-12-6-11(15(16,17)18)22-14-20-7-21-23(12)14/h2-8H,1H3,(H2,19,24). The van der Waals surface area contributed by atoms with Crippen LogP contribution in [0.5, 0.6) is 17.4 Å². The summed E-state index contributed by atoms with van der Waals surface area (Å²) in [5.41, 5.74) is 3.96. The molecule has 2 heterocycles. The van der Waals surface area contributed by atoms with E-state index in [1.54, 1.807) is 0 Å². The van der Waals surface area contributed by atoms with E-state index in [-0.39, 0.29) is 17.4 Å². The molecule has 1 aromatic carbocycles. The van der Waals surface area contributed by atoms with Crippen molar-refractivity contribution in [2.24, 2.45) is 5.73 Å². The molecule has 1 amide bonds. The SMILES string of the molecule is CC(Oc1ccc(Oc2cc(C(F)(F)F)nc3ncnn23)cc1)C(N)=O. The van der Waals surface area contributed by atoms with Crippen LogP contribution in [0.4, 0.5) is 13.2 Å². The first-order chi connectivity index (χ1) is 12.2. The fraction of sp³-hybridized carbons (Fsp3) is 0.200. The van der Waals surface area contributed by atoms with Crippen molar-refractivity contribution in [2.75, 3.05) is 0 Å². The highest BCUT2D eigenvalue weighted by Gasteiger charge is 2.34. The molecule has 0 aliphatic rings. The van der Waals surface area contributed by atoms with E-state index in [9.17, 15) is 18.0 Å². The van der Waals surface area contributed by atoms with Gasteiger partial charge < -0.3 is 15.2 Å². The zero-order valence-electron chi connectivity index (χ0n) is 13.3. The van der Waals surface area contributed by atoms with Gasteiger partial charge in [0.05, 0.1) is 0 Å². The molecule has 2 N–H and O–H groups in total. The minimum atomic E-state index is -4.66. The molecule has 3 aromatic rings. The number of hydrogen-bond acceptors (Lipinski definition) is 6. The Hall–Kier alpha value is -3.37. The molecule has 0 saturated heterocycles. The van der Waals surface area contributed by atoms with E-state index >= 15 is 0 Å². The van der Waals surface area contributed by atoms with Gasteiger partial charge in [0.2, 0.25) is 5.88 Å². The molecule has 1 atom stereocenters. The molecule has 0 spiro atoms. The van der Waals surface area contributed by atoms with Crippen LogP contribution in [0.25, 0.3) is 5.78 Å². The third kappa shape index (κ3) is 3.66. The van der Waals surface area contributed by atoms with E-state index in [1.807, 2.05) is 0 Å². The van der Waals surface area contributed by atoms with Gasteiger partial charge in [0.25, 0.3) is 11.7 Å². The summed E-state index contributed by atoms with van der Waals surface area (Å²) in [5.74, 6) is -0.514. The van der Waals surface area contributed by atoms with Crippen molar-refractivity contribution in [1.29, 1.82) is 0 Å². The summed E-state index contributed by atoms with van der Waals surface area (Å²) in [6.07, 6.45) is -4.42. The summed E-state index contributed by atoms with van der Waals surface area (Å²) >= 11 is 0. The third-order valence-corrected chi connectivity index (χ3v) is 3.27. The highest BCUT2D eigenvalue weighted by atomic mass is 19.4. The summed E-state index contributed by atoms with van der Waals surface area (Å²) in [7, 11) is 0. The molecule has 0 radical (unpaired) electrons. The van der Waals surface area contributed by atoms with Gasteiger partial charge in [-0.15, -0.1) is 0 Å². The van der Waals surface area contributed by atoms with Crippen LogP contribution in [0.15, 0.2) is 36.7 Å². The largest absolute Gasteiger partial charge is 0.481 e. The second kappa shape index (κ2) is 6.50. The van der Waals surface area contributed by atoms with E-state index in [0.717, 1.165) is 16.9 Å². The molecule has 0 aliphatic carbocycles. The average Bonchev–Trinajstić information content (AvgIpc) is 3.04. The summed E-state index contributed by atoms with van der Waals surface area (Å²) in [6.45, 7) is 1.49. The van der Waals surface area contributed by atoms with Crippen LogP contribution < -0.4 is 15.2 Å². The number of nitrogens with zero attached hydrogens (tertiary/aromatic N) is 4. The average molecular weight is 367 g/mol. The summed E-state index contributed by atoms with van der Waals surface area (Å²) < 4.78 is 50.6. The minimum Gasteiger partial charge on any atom is -0.481 e. The number of amides is 1. The maximum absolute atomic E-state index is 13.0. The molecule has 1 unspecified atom stereocenters. The molecule has 0 fully saturated rings. The number of carbonyl (C=O) groups is 1. The van der Waals surface area contributed by atoms with Crippen LogP contribution in [0.1, 0.15) is 12.6 Å². The van der Waals surface area contributed by atoms with Gasteiger partial charge in [0.15, 0.2) is 11.8 Å². The monoisotopic (exact) mass is 367 g/mol. The molecule has 0 aliphatic heterocycles. The molecular weight excluding hydrogens is 355 g/mol. The summed E-state index contributed by atoms with van der Waals surface area (Å²) in [4.78, 5) is 18.0. The van der Waals surface area contributed by atoms with Crippen molar-refractivity contribution in [3.05, 3.63) is 42.4 Å². The topological polar surface area (TPSA) is 105 Å². The number of alkyl halides is 3. The first kappa shape index (κ1) is 17.5. The Morgan fingerprint density at radius 3 is 2.50 bits per heavy atom. The molecule has 0 saturated carbocycles. The highest BCUT2D eigenvalue weighted by molar-refractivity contribution is 5.78. The number of benzene rings is 1. The lowest BCUT2D eigenvalue weighted by atomic mass is 10.3. The Morgan fingerprint density at radius 2 is 1.88 bits per heavy atom. The predicted octanol–water partition coefficient (Wildman–Crippen LogP) is 2.19. The van der Waals surface area contributed by atoms with Crippen molar-refractivity contribution in [1.82, 2.24) is 19.6 Å². The normalized spacial score (nSPS) is 12.8. The zero-order chi connectivity index (χ0) is 18.9. The van der Waals surface area contributed by atoms with E-state index in [2.05, 4.69) is 15.1 Å². The van der Waals surface area contributed by atoms with Crippen molar-refractivity contribution < 1.29 is 27.4 Å². The van der Waals surface area contributed by atoms with Crippen LogP contribution in [0.3, 0.4) is 0 Å². The number of halogens is 3. The molecule has 3 rings (SSSR count). The lowest BCUT2D eigenvalue weighted by Gasteiger charge is -2.13. The Morgan fingerprint density at radius 1 is 1.23 bits per heavy atom. The maximum Gasteiger partial charge on any atom is 0.433 e. The maximum atomic E-state index is 13.0. The molecule has 136 valence electrons. The van der Waals surface area contributed by atoms with Crippen LogP contribution in [0.2, 0.25) is 0 Å². The summed E-state index contributed by atoms with van der Waals surface area (Å²) in [6, 6.07) is 6.61. The van der Waals surface area contributed by atoms with Gasteiger partial charge in [-0.05, 0) is 31.2 Å². The second-order valence-corrected chi connectivity index (χ2v) is 5.19. The molecule has 0 bridgehead atoms. The number of aromatic nitrogens is 4. The van der Waals surface area contributed by atoms with E-state index in [1.165, 1.54) is 31.2 Å². The predicted molar refractivity (Wildman–Crippen MR) is 81.6 cm³/mol. The Balaban J connectivity index is 1.87. The van der Waals surface area contributed by atoms with Crippen molar-refractivity contribution in [3.63, 3.8) is 0 Å². The van der Waals surface area contributed by atoms with Crippen LogP contribution >= 0.6 is 0 Å². The Labute approximate surface area is 144 Å². The van der Waals surface area contributed by atoms with Crippen molar-refractivity contribution in [2.45, 2.75) is 19.2 Å². The van der Waals surface area contributed by atoms with Gasteiger partial charge >= 0.3 is 6.18 Å². The van der Waals surface area contributed by atoms with Gasteiger partial charge in [0, 0.05) is 6.07 Å². The minimum absolute atomic E-state index is 0.209. The van der Waals surface area contributed by atoms with E-state index in [4.69, 9.17) is 15.2 Å². The van der Waals surface area contributed by atoms with Gasteiger partial charge in [-0.1, -0.05) is 0 Å². The number of ether oxygens (including phenoxy) is 2. The molecule has 8 nitrogen and oxygen atoms in total. The molecule has 2 aromatic heterocycles. The number of carbonyl (C=O) groups excluding carboxylic acids is 1. The number of nitrogens with two attached hydrogens (primary N) is 1. The Kier molecular flexibility index (Phi) is 4.36. The van der Waals surface area contributed by atoms with Gasteiger partial charge in [-0.3, -0.25) is 4.79 Å². The van der Waals surface area contributed by atoms with Crippen molar-refractivity contribution >= 4 is 11.7 Å². The van der Waals surface area contributed by atoms with Gasteiger partial charge in [0.1, 0.15) is 17.8 Å². The number of hydrogen-bond donors (Lipinski definition) is 1. The first-order valence-corrected chi connectivity index (χ1v) is 7.26. The van der Waals surface area contributed by atoms with E-state index in [0.29, 0.717) is 5.75 Å². The summed E-state index contributed by atoms with van der Waals surface area (Å²) in [5, 5.41) is 3.79. The number of fused-ring (bicyclic) bond motifs is 1. The van der Waals surface area contributed by atoms with Crippen LogP contribution in [0, 0.1) is 0 Å². The van der Waals surface area contributed by atoms with Gasteiger partial charge in [-0.25, -0.2) is 4.98 Å². The molecule has 11 heteroatoms. The smallest absolute Gasteiger partial charge is 0.433 e. The van der Waals surface area contributed by atoms with Crippen LogP contribution in [-0.4, -0.2) is 31.6 Å². The molecular formula is C15H12F3N5O3. The Bertz CT molecular complexity index is 940. The lowest BCUT2D eigenvalue weighted by molar-refractivity contribution is -0.141. The lowest BCUT2D eigenvalue weighted by Crippen LogP contribution is -2.30. The number of primary amides is 1. The quantitative estimate of drug-likeness (QED) is 0.741. The van der Waals surface area contributed by atoms with Crippen LogP contribution in [-0.2, 0) is 11.0 Å². The zero-order valence-corrected chi connectivity index (χ0v) is 13.3. The second-order valence-electron chi connectivity index (χ2n) is 5.19.